The Morgan fingerprint density at radius 2 is 1.72 bits per heavy atom. The number of allylic oxidation sites excluding steroid dienone is 10. The number of fused-ring (bicyclic) bond motifs is 5. The van der Waals surface area contributed by atoms with Crippen molar-refractivity contribution in [2.75, 3.05) is 99.7 Å². The first-order valence-electron chi connectivity index (χ1n) is 26.2. The van der Waals surface area contributed by atoms with E-state index in [-0.39, 0.29) is 56.7 Å². The second-order valence-electron chi connectivity index (χ2n) is 20.5. The Morgan fingerprint density at radius 3 is 2.43 bits per heavy atom. The van der Waals surface area contributed by atoms with E-state index in [1.54, 1.807) is 34.2 Å². The molecule has 1 aromatic carbocycles. The number of nitrogens with zero attached hydrogens (tertiary/aromatic N) is 4. The van der Waals surface area contributed by atoms with Crippen LogP contribution in [-0.4, -0.2) is 186 Å². The molecule has 418 valence electrons. The summed E-state index contributed by atoms with van der Waals surface area (Å²) in [6.07, 6.45) is 18.0. The second kappa shape index (κ2) is 27.7. The number of halogens is 1. The highest BCUT2D eigenvalue weighted by molar-refractivity contribution is 6.35. The van der Waals surface area contributed by atoms with E-state index >= 15 is 0 Å². The van der Waals surface area contributed by atoms with Gasteiger partial charge in [-0.1, -0.05) is 66.6 Å². The van der Waals surface area contributed by atoms with Gasteiger partial charge in [0.15, 0.2) is 6.73 Å². The maximum absolute atomic E-state index is 14.4. The highest BCUT2D eigenvalue weighted by atomic mass is 35.5. The molecule has 76 heavy (non-hydrogen) atoms. The van der Waals surface area contributed by atoms with Crippen LogP contribution in [-0.2, 0) is 54.0 Å². The summed E-state index contributed by atoms with van der Waals surface area (Å²) in [5, 5.41) is 13.5. The molecule has 4 heterocycles. The van der Waals surface area contributed by atoms with Crippen LogP contribution in [0, 0.1) is 11.8 Å². The van der Waals surface area contributed by atoms with Crippen molar-refractivity contribution < 1.29 is 71.5 Å². The van der Waals surface area contributed by atoms with Gasteiger partial charge in [-0.05, 0) is 81.9 Å². The van der Waals surface area contributed by atoms with Gasteiger partial charge in [-0.3, -0.25) is 9.59 Å². The third-order valence-corrected chi connectivity index (χ3v) is 15.7. The number of ether oxygens (including phenoxy) is 8. The number of amides is 4. The number of piperidine rings is 1. The van der Waals surface area contributed by atoms with E-state index in [2.05, 4.69) is 22.4 Å². The number of nitrogens with one attached hydrogen (secondary N) is 1. The summed E-state index contributed by atoms with van der Waals surface area (Å²) < 4.78 is 46.5. The highest BCUT2D eigenvalue weighted by Crippen LogP contribution is 2.49. The molecule has 0 spiro atoms. The zero-order chi connectivity index (χ0) is 55.2. The van der Waals surface area contributed by atoms with Gasteiger partial charge in [-0.15, -0.1) is 0 Å². The molecule has 9 unspecified atom stereocenters. The average molecular weight is 1080 g/mol. The van der Waals surface area contributed by atoms with E-state index in [9.17, 15) is 29.1 Å². The number of quaternary nitrogens is 1. The number of aliphatic hydroxyl groups is 1. The Labute approximate surface area is 452 Å². The normalized spacial score (nSPS) is 27.5. The molecule has 20 heteroatoms. The second-order valence-corrected chi connectivity index (χ2v) is 20.9. The van der Waals surface area contributed by atoms with E-state index in [1.807, 2.05) is 68.5 Å². The lowest BCUT2D eigenvalue weighted by Gasteiger charge is -2.45. The molecule has 3 saturated heterocycles. The van der Waals surface area contributed by atoms with Crippen molar-refractivity contribution in [2.24, 2.45) is 11.8 Å². The number of benzene rings is 1. The Hall–Kier alpha value is -5.54. The number of alkyl carbamates (subject to hydrolysis) is 1. The minimum Gasteiger partial charge on any atom is -0.495 e. The number of methoxy groups -OCH3 is 2. The number of aliphatic hydroxyl groups excluding tert-OH is 1. The summed E-state index contributed by atoms with van der Waals surface area (Å²) in [5.41, 5.74) is 2.10. The zero-order valence-electron chi connectivity index (χ0n) is 45.6. The number of likely N-dealkylation sites (tertiary alicyclic amines) is 1. The van der Waals surface area contributed by atoms with E-state index in [0.29, 0.717) is 36.8 Å². The fourth-order valence-corrected chi connectivity index (χ4v) is 10.3. The molecule has 6 rings (SSSR count). The van der Waals surface area contributed by atoms with Crippen LogP contribution in [0.25, 0.3) is 0 Å². The van der Waals surface area contributed by atoms with Crippen LogP contribution in [0.5, 0.6) is 5.75 Å². The van der Waals surface area contributed by atoms with E-state index < -0.39 is 83.3 Å². The fraction of sp³-hybridized carbons (Fsp3) is 0.589. The van der Waals surface area contributed by atoms with Gasteiger partial charge in [0.1, 0.15) is 46.8 Å². The maximum Gasteiger partial charge on any atom is 0.518 e. The van der Waals surface area contributed by atoms with Crippen LogP contribution in [0.15, 0.2) is 84.2 Å². The lowest BCUT2D eigenvalue weighted by Crippen LogP contribution is -2.66. The van der Waals surface area contributed by atoms with Crippen molar-refractivity contribution in [1.29, 1.82) is 0 Å². The number of hydrogen-bond donors (Lipinski definition) is 2. The number of hydrogen-bond acceptors (Lipinski definition) is 15. The molecule has 1 aromatic rings. The summed E-state index contributed by atoms with van der Waals surface area (Å²) in [5.74, 6) is -1.40. The van der Waals surface area contributed by atoms with Gasteiger partial charge in [0.05, 0.1) is 71.8 Å². The summed E-state index contributed by atoms with van der Waals surface area (Å²) in [6.45, 7) is 9.73. The Kier molecular flexibility index (Phi) is 21.7. The van der Waals surface area contributed by atoms with Crippen LogP contribution in [0.4, 0.5) is 15.3 Å². The summed E-state index contributed by atoms with van der Waals surface area (Å²) in [6, 6.07) is 1.99. The van der Waals surface area contributed by atoms with Crippen molar-refractivity contribution in [2.45, 2.75) is 108 Å². The van der Waals surface area contributed by atoms with Crippen LogP contribution >= 0.6 is 11.6 Å². The first-order chi connectivity index (χ1) is 36.3. The molecule has 1 aliphatic carbocycles. The van der Waals surface area contributed by atoms with Crippen molar-refractivity contribution in [3.8, 4) is 5.75 Å². The minimum absolute atomic E-state index is 0.0367. The van der Waals surface area contributed by atoms with E-state index in [1.165, 1.54) is 36.6 Å². The van der Waals surface area contributed by atoms with Crippen LogP contribution < -0.4 is 15.0 Å². The number of carbonyl (C=O) groups is 5. The Bertz CT molecular complexity index is 2400. The van der Waals surface area contributed by atoms with Crippen LogP contribution in [0.3, 0.4) is 0 Å². The molecule has 4 amide bonds. The van der Waals surface area contributed by atoms with Crippen molar-refractivity contribution >= 4 is 47.3 Å². The standard InChI is InChI=1S/C56H78ClN5O14/c1-37-16-15-19-45(69-8)44-33-46(74-55(68)62(44,7)36-63)38(2)52-56(4,76-52)48(34-50(65)60(6)43-31-41(30-37)32-47(70-9)51(43)57)75-53(66)39(3)59(5)49(64)22-26-71-28-29-72-27-23-58-54(67)73-35-40-20-24-61(25-21-40)42-17-13-11-10-12-14-18-42/h10-19,31-32,38-40,44-46,48,52,63H,20-30,33-36H2,1-9H3/p+1. The molecule has 4 bridgehead atoms. The number of likely N-dealkylation sites (N-methyl/N-ethyl adjacent to an activating group) is 2. The summed E-state index contributed by atoms with van der Waals surface area (Å²) in [4.78, 5) is 72.9. The number of esters is 1. The largest absolute Gasteiger partial charge is 0.518 e. The molecule has 4 aliphatic heterocycles. The van der Waals surface area contributed by atoms with Crippen molar-refractivity contribution in [1.82, 2.24) is 15.1 Å². The lowest BCUT2D eigenvalue weighted by atomic mass is 9.84. The van der Waals surface area contributed by atoms with Gasteiger partial charge >= 0.3 is 18.2 Å². The number of carbonyl (C=O) groups excluding carboxylic acids is 5. The third kappa shape index (κ3) is 15.1. The Morgan fingerprint density at radius 1 is 1.01 bits per heavy atom. The van der Waals surface area contributed by atoms with Gasteiger partial charge in [0.25, 0.3) is 0 Å². The molecule has 9 atom stereocenters. The molecular formula is C56H79ClN5O14+. The number of anilines is 1. The predicted molar refractivity (Wildman–Crippen MR) is 285 cm³/mol. The van der Waals surface area contributed by atoms with Crippen LogP contribution in [0.2, 0.25) is 5.02 Å². The molecule has 0 aromatic heterocycles. The summed E-state index contributed by atoms with van der Waals surface area (Å²) in [7, 11) is 7.72. The number of epoxide rings is 1. The molecule has 2 N–H and O–H groups in total. The smallest absolute Gasteiger partial charge is 0.495 e. The number of rotatable bonds is 18. The lowest BCUT2D eigenvalue weighted by molar-refractivity contribution is -0.892. The topological polar surface area (TPSA) is 204 Å². The fourth-order valence-electron chi connectivity index (χ4n) is 10.0. The van der Waals surface area contributed by atoms with Gasteiger partial charge in [-0.25, -0.2) is 9.59 Å². The molecule has 0 saturated carbocycles. The van der Waals surface area contributed by atoms with Gasteiger partial charge in [0.2, 0.25) is 11.8 Å². The first kappa shape index (κ1) is 59.7. The Balaban J connectivity index is 1.01. The van der Waals surface area contributed by atoms with E-state index in [0.717, 1.165) is 37.1 Å². The van der Waals surface area contributed by atoms with Crippen molar-refractivity contribution in [3.05, 3.63) is 94.7 Å². The average Bonchev–Trinajstić information content (AvgIpc) is 4.16. The van der Waals surface area contributed by atoms with Gasteiger partial charge < -0.3 is 63.0 Å². The van der Waals surface area contributed by atoms with Crippen LogP contribution in [0.1, 0.15) is 65.4 Å². The quantitative estimate of drug-likeness (QED) is 0.0535. The van der Waals surface area contributed by atoms with Crippen molar-refractivity contribution in [3.63, 3.8) is 0 Å². The third-order valence-electron chi connectivity index (χ3n) is 15.3. The minimum atomic E-state index is -1.23. The maximum atomic E-state index is 14.4. The first-order valence-corrected chi connectivity index (χ1v) is 26.6. The summed E-state index contributed by atoms with van der Waals surface area (Å²) >= 11 is 6.84. The molecule has 3 fully saturated rings. The predicted octanol–water partition coefficient (Wildman–Crippen LogP) is 6.43. The van der Waals surface area contributed by atoms with Gasteiger partial charge in [0, 0.05) is 58.9 Å². The van der Waals surface area contributed by atoms with Gasteiger partial charge in [-0.2, -0.15) is 9.28 Å². The zero-order valence-corrected chi connectivity index (χ0v) is 46.3. The molecular weight excluding hydrogens is 1000 g/mol. The molecule has 5 aliphatic rings. The molecule has 0 radical (unpaired) electrons. The highest BCUT2D eigenvalue weighted by Gasteiger charge is 2.65. The SMILES string of the molecule is COc1cc2cc(c1Cl)N(C)C(=O)CC(OC(=O)C(C)N(C)C(=O)CCOCCOCCNC(=O)OCC1CCN(C3=CC=CC=CC=C3)CC1)C1(C)OC1C(C)C1CC(C(OC)C=CC=C(C)C2)[N+](C)(CO)C(=O)O1. The van der Waals surface area contributed by atoms with E-state index in [4.69, 9.17) is 49.5 Å². The molecule has 19 nitrogen and oxygen atoms in total. The monoisotopic (exact) mass is 1080 g/mol.